The van der Waals surface area contributed by atoms with Crippen LogP contribution in [0, 0.1) is 5.92 Å². The summed E-state index contributed by atoms with van der Waals surface area (Å²) in [6.45, 7) is 5.81. The molecule has 2 saturated heterocycles. The maximum Gasteiger partial charge on any atom is 0.329 e. The zero-order valence-corrected chi connectivity index (χ0v) is 11.5. The Balaban J connectivity index is 2.12. The largest absolute Gasteiger partial charge is 0.480 e. The number of rotatable bonds is 4. The molecule has 2 rings (SSSR count). The van der Waals surface area contributed by atoms with Crippen LogP contribution in [-0.4, -0.2) is 59.8 Å². The van der Waals surface area contributed by atoms with Gasteiger partial charge in [-0.25, -0.2) is 4.79 Å². The first-order chi connectivity index (χ1) is 9.00. The average molecular weight is 270 g/mol. The van der Waals surface area contributed by atoms with Gasteiger partial charge in [-0.2, -0.15) is 0 Å². The highest BCUT2D eigenvalue weighted by Gasteiger charge is 2.49. The molecule has 3 unspecified atom stereocenters. The number of carbonyl (C=O) groups excluding carboxylic acids is 1. The molecule has 2 aliphatic rings. The van der Waals surface area contributed by atoms with E-state index in [1.807, 2.05) is 6.92 Å². The lowest BCUT2D eigenvalue weighted by Gasteiger charge is -2.34. The van der Waals surface area contributed by atoms with Gasteiger partial charge in [-0.15, -0.1) is 0 Å². The summed E-state index contributed by atoms with van der Waals surface area (Å²) in [5.41, 5.74) is -1.06. The Morgan fingerprint density at radius 3 is 2.84 bits per heavy atom. The van der Waals surface area contributed by atoms with Crippen molar-refractivity contribution >= 4 is 11.9 Å². The minimum absolute atomic E-state index is 0.00357. The number of carboxylic acids is 1. The Kier molecular flexibility index (Phi) is 4.10. The molecule has 6 heteroatoms. The number of carbonyl (C=O) groups is 2. The summed E-state index contributed by atoms with van der Waals surface area (Å²) in [5, 5.41) is 12.6. The molecule has 0 spiro atoms. The zero-order valence-electron chi connectivity index (χ0n) is 11.5. The Hall–Kier alpha value is -1.14. The van der Waals surface area contributed by atoms with Gasteiger partial charge in [0.1, 0.15) is 5.54 Å². The number of amides is 1. The van der Waals surface area contributed by atoms with Crippen molar-refractivity contribution in [3.05, 3.63) is 0 Å². The Morgan fingerprint density at radius 2 is 2.21 bits per heavy atom. The van der Waals surface area contributed by atoms with Gasteiger partial charge >= 0.3 is 5.97 Å². The van der Waals surface area contributed by atoms with Gasteiger partial charge in [0.25, 0.3) is 0 Å². The molecular weight excluding hydrogens is 248 g/mol. The Morgan fingerprint density at radius 1 is 1.47 bits per heavy atom. The maximum absolute atomic E-state index is 12.6. The van der Waals surface area contributed by atoms with E-state index in [9.17, 15) is 14.7 Å². The second-order valence-corrected chi connectivity index (χ2v) is 5.48. The van der Waals surface area contributed by atoms with Crippen LogP contribution in [0.3, 0.4) is 0 Å². The highest BCUT2D eigenvalue weighted by atomic mass is 16.5. The van der Waals surface area contributed by atoms with E-state index >= 15 is 0 Å². The van der Waals surface area contributed by atoms with Crippen LogP contribution in [-0.2, 0) is 14.3 Å². The summed E-state index contributed by atoms with van der Waals surface area (Å²) in [5.74, 6) is -1.28. The van der Waals surface area contributed by atoms with E-state index in [2.05, 4.69) is 5.32 Å². The molecule has 2 N–H and O–H groups in total. The number of aliphatic carboxylic acids is 1. The van der Waals surface area contributed by atoms with Gasteiger partial charge in [0.05, 0.1) is 19.1 Å². The number of likely N-dealkylation sites (tertiary alicyclic amines) is 1. The van der Waals surface area contributed by atoms with Crippen LogP contribution in [0.15, 0.2) is 0 Å². The fraction of sp³-hybridized carbons (Fsp3) is 0.846. The molecular formula is C13H22N2O4. The first kappa shape index (κ1) is 14.3. The van der Waals surface area contributed by atoms with E-state index in [0.29, 0.717) is 26.2 Å². The predicted octanol–water partition coefficient (Wildman–Crippen LogP) is 0.0766. The zero-order chi connectivity index (χ0) is 14.0. The van der Waals surface area contributed by atoms with Crippen molar-refractivity contribution in [1.82, 2.24) is 10.2 Å². The topological polar surface area (TPSA) is 78.9 Å². The van der Waals surface area contributed by atoms with Crippen LogP contribution >= 0.6 is 0 Å². The number of ether oxygens (including phenoxy) is 1. The minimum Gasteiger partial charge on any atom is -0.480 e. The summed E-state index contributed by atoms with van der Waals surface area (Å²) in [4.78, 5) is 25.5. The fourth-order valence-electron chi connectivity index (χ4n) is 3.00. The molecule has 2 heterocycles. The van der Waals surface area contributed by atoms with E-state index in [4.69, 9.17) is 4.74 Å². The fourth-order valence-corrected chi connectivity index (χ4v) is 3.00. The van der Waals surface area contributed by atoms with Crippen LogP contribution in [0.1, 0.15) is 26.7 Å². The molecule has 3 atom stereocenters. The molecule has 1 amide bonds. The normalized spacial score (nSPS) is 34.7. The lowest BCUT2D eigenvalue weighted by atomic mass is 9.95. The van der Waals surface area contributed by atoms with Gasteiger partial charge < -0.3 is 20.1 Å². The summed E-state index contributed by atoms with van der Waals surface area (Å²) < 4.78 is 5.37. The second kappa shape index (κ2) is 5.46. The van der Waals surface area contributed by atoms with E-state index in [1.54, 1.807) is 6.92 Å². The summed E-state index contributed by atoms with van der Waals surface area (Å²) >= 11 is 0. The monoisotopic (exact) mass is 270 g/mol. The maximum atomic E-state index is 12.6. The first-order valence-corrected chi connectivity index (χ1v) is 6.86. The molecule has 108 valence electrons. The summed E-state index contributed by atoms with van der Waals surface area (Å²) in [6, 6.07) is -0.00357. The van der Waals surface area contributed by atoms with Crippen LogP contribution < -0.4 is 5.32 Å². The van der Waals surface area contributed by atoms with Crippen LogP contribution in [0.25, 0.3) is 0 Å². The highest BCUT2D eigenvalue weighted by Crippen LogP contribution is 2.32. The minimum atomic E-state index is -1.06. The predicted molar refractivity (Wildman–Crippen MR) is 68.8 cm³/mol. The van der Waals surface area contributed by atoms with Crippen molar-refractivity contribution in [1.29, 1.82) is 0 Å². The molecule has 0 radical (unpaired) electrons. The molecule has 0 aromatic rings. The number of likely N-dealkylation sites (N-methyl/N-ethyl adjacent to an activating group) is 1. The van der Waals surface area contributed by atoms with Crippen molar-refractivity contribution in [3.63, 3.8) is 0 Å². The third-order valence-electron chi connectivity index (χ3n) is 4.23. The van der Waals surface area contributed by atoms with Crippen molar-refractivity contribution in [3.8, 4) is 0 Å². The highest BCUT2D eigenvalue weighted by molar-refractivity contribution is 5.89. The molecule has 2 aliphatic heterocycles. The van der Waals surface area contributed by atoms with Crippen molar-refractivity contribution in [2.75, 3.05) is 26.3 Å². The van der Waals surface area contributed by atoms with Crippen LogP contribution in [0.2, 0.25) is 0 Å². The van der Waals surface area contributed by atoms with Crippen molar-refractivity contribution in [2.24, 2.45) is 5.92 Å². The molecule has 0 aliphatic carbocycles. The SMILES string of the molecule is CCNC1COCC1C(=O)N1CCCC1(C)C(=O)O. The van der Waals surface area contributed by atoms with Crippen LogP contribution in [0.5, 0.6) is 0 Å². The molecule has 6 nitrogen and oxygen atoms in total. The number of carboxylic acid groups (broad SMARTS) is 1. The molecule has 0 aromatic heterocycles. The van der Waals surface area contributed by atoms with E-state index in [1.165, 1.54) is 4.90 Å². The quantitative estimate of drug-likeness (QED) is 0.756. The Bertz CT molecular complexity index is 374. The van der Waals surface area contributed by atoms with Crippen molar-refractivity contribution in [2.45, 2.75) is 38.3 Å². The number of nitrogens with one attached hydrogen (secondary N) is 1. The van der Waals surface area contributed by atoms with Gasteiger partial charge in [0.15, 0.2) is 0 Å². The molecule has 19 heavy (non-hydrogen) atoms. The van der Waals surface area contributed by atoms with Gasteiger partial charge in [-0.1, -0.05) is 6.92 Å². The third kappa shape index (κ3) is 2.47. The van der Waals surface area contributed by atoms with Gasteiger partial charge in [0.2, 0.25) is 5.91 Å². The van der Waals surface area contributed by atoms with E-state index < -0.39 is 11.5 Å². The third-order valence-corrected chi connectivity index (χ3v) is 4.23. The van der Waals surface area contributed by atoms with Crippen LogP contribution in [0.4, 0.5) is 0 Å². The first-order valence-electron chi connectivity index (χ1n) is 6.86. The van der Waals surface area contributed by atoms with E-state index in [-0.39, 0.29) is 17.9 Å². The van der Waals surface area contributed by atoms with Gasteiger partial charge in [-0.3, -0.25) is 4.79 Å². The average Bonchev–Trinajstić information content (AvgIpc) is 2.96. The van der Waals surface area contributed by atoms with Gasteiger partial charge in [-0.05, 0) is 26.3 Å². The number of hydrogen-bond acceptors (Lipinski definition) is 4. The van der Waals surface area contributed by atoms with Crippen molar-refractivity contribution < 1.29 is 19.4 Å². The lowest BCUT2D eigenvalue weighted by molar-refractivity contribution is -0.157. The number of nitrogens with zero attached hydrogens (tertiary/aromatic N) is 1. The molecule has 0 bridgehead atoms. The molecule has 0 saturated carbocycles. The second-order valence-electron chi connectivity index (χ2n) is 5.48. The smallest absolute Gasteiger partial charge is 0.329 e. The summed E-state index contributed by atoms with van der Waals surface area (Å²) in [7, 11) is 0. The van der Waals surface area contributed by atoms with E-state index in [0.717, 1.165) is 13.0 Å². The van der Waals surface area contributed by atoms with Gasteiger partial charge in [0, 0.05) is 12.6 Å². The molecule has 0 aromatic carbocycles. The molecule has 2 fully saturated rings. The standard InChI is InChI=1S/C13H22N2O4/c1-3-14-10-8-19-7-9(10)11(16)15-6-4-5-13(15,2)12(17)18/h9-10,14H,3-8H2,1-2H3,(H,17,18). The lowest BCUT2D eigenvalue weighted by Crippen LogP contribution is -2.55. The summed E-state index contributed by atoms with van der Waals surface area (Å²) in [6.07, 6.45) is 1.27. The number of hydrogen-bond donors (Lipinski definition) is 2. The Labute approximate surface area is 113 Å².